The van der Waals surface area contributed by atoms with Crippen molar-refractivity contribution in [3.63, 3.8) is 0 Å². The molecule has 2 fully saturated rings. The van der Waals surface area contributed by atoms with Crippen molar-refractivity contribution in [2.24, 2.45) is 11.1 Å². The molecule has 0 aromatic rings. The molecule has 1 saturated heterocycles. The number of hydrogen-bond donors (Lipinski definition) is 2. The smallest absolute Gasteiger partial charge is 0.0659 e. The zero-order valence-electron chi connectivity index (χ0n) is 9.85. The maximum absolute atomic E-state index is 6.20. The maximum Gasteiger partial charge on any atom is 0.0659 e. The Morgan fingerprint density at radius 3 is 2.60 bits per heavy atom. The van der Waals surface area contributed by atoms with Gasteiger partial charge in [0.1, 0.15) is 0 Å². The summed E-state index contributed by atoms with van der Waals surface area (Å²) in [6.45, 7) is 5.90. The topological polar surface area (TPSA) is 47.3 Å². The molecule has 0 aromatic heterocycles. The van der Waals surface area contributed by atoms with Gasteiger partial charge in [0.2, 0.25) is 0 Å². The van der Waals surface area contributed by atoms with Crippen LogP contribution in [0.1, 0.15) is 39.0 Å². The summed E-state index contributed by atoms with van der Waals surface area (Å²) in [5.74, 6) is 0. The number of rotatable bonds is 6. The lowest BCUT2D eigenvalue weighted by atomic mass is 9.98. The monoisotopic (exact) mass is 212 g/mol. The van der Waals surface area contributed by atoms with Gasteiger partial charge < -0.3 is 15.8 Å². The van der Waals surface area contributed by atoms with Crippen molar-refractivity contribution >= 4 is 0 Å². The van der Waals surface area contributed by atoms with Crippen molar-refractivity contribution < 1.29 is 4.74 Å². The van der Waals surface area contributed by atoms with Gasteiger partial charge in [-0.25, -0.2) is 0 Å². The van der Waals surface area contributed by atoms with Crippen LogP contribution in [0.3, 0.4) is 0 Å². The Labute approximate surface area is 92.7 Å². The van der Waals surface area contributed by atoms with Crippen LogP contribution in [0.25, 0.3) is 0 Å². The van der Waals surface area contributed by atoms with E-state index in [-0.39, 0.29) is 5.54 Å². The van der Waals surface area contributed by atoms with Gasteiger partial charge in [-0.1, -0.05) is 13.3 Å². The van der Waals surface area contributed by atoms with E-state index in [9.17, 15) is 0 Å². The lowest BCUT2D eigenvalue weighted by Gasteiger charge is -2.24. The number of hydrogen-bond acceptors (Lipinski definition) is 3. The normalized spacial score (nSPS) is 33.2. The standard InChI is InChI=1S/C12H24N2O/c1-2-3-11(4-5-11)8-14-9-12(13)6-7-15-10-12/h14H,2-10,13H2,1H3. The number of nitrogens with two attached hydrogens (primary N) is 1. The van der Waals surface area contributed by atoms with Crippen LogP contribution in [0, 0.1) is 5.41 Å². The molecule has 0 aromatic carbocycles. The summed E-state index contributed by atoms with van der Waals surface area (Å²) in [5.41, 5.74) is 6.73. The van der Waals surface area contributed by atoms with Crippen molar-refractivity contribution in [1.29, 1.82) is 0 Å². The maximum atomic E-state index is 6.20. The summed E-state index contributed by atoms with van der Waals surface area (Å²) in [6, 6.07) is 0. The predicted octanol–water partition coefficient (Wildman–Crippen LogP) is 1.27. The van der Waals surface area contributed by atoms with E-state index < -0.39 is 0 Å². The molecule has 0 amide bonds. The van der Waals surface area contributed by atoms with E-state index in [1.54, 1.807) is 0 Å². The summed E-state index contributed by atoms with van der Waals surface area (Å²) in [4.78, 5) is 0. The van der Waals surface area contributed by atoms with Crippen LogP contribution in [0.15, 0.2) is 0 Å². The van der Waals surface area contributed by atoms with Crippen LogP contribution in [-0.4, -0.2) is 31.8 Å². The fourth-order valence-corrected chi connectivity index (χ4v) is 2.56. The Balaban J connectivity index is 1.66. The van der Waals surface area contributed by atoms with Crippen molar-refractivity contribution in [3.05, 3.63) is 0 Å². The first kappa shape index (κ1) is 11.4. The van der Waals surface area contributed by atoms with Crippen LogP contribution < -0.4 is 11.1 Å². The Morgan fingerprint density at radius 1 is 1.27 bits per heavy atom. The molecule has 2 rings (SSSR count). The molecule has 3 heteroatoms. The SMILES string of the molecule is CCCC1(CNCC2(N)CCOC2)CC1. The third kappa shape index (κ3) is 2.92. The van der Waals surface area contributed by atoms with E-state index in [4.69, 9.17) is 10.5 Å². The summed E-state index contributed by atoms with van der Waals surface area (Å²) >= 11 is 0. The molecule has 1 heterocycles. The third-order valence-electron chi connectivity index (χ3n) is 3.85. The Hall–Kier alpha value is -0.120. The molecule has 1 unspecified atom stereocenters. The summed E-state index contributed by atoms with van der Waals surface area (Å²) in [7, 11) is 0. The fourth-order valence-electron chi connectivity index (χ4n) is 2.56. The average Bonchev–Trinajstić information content (AvgIpc) is 2.81. The van der Waals surface area contributed by atoms with Crippen LogP contribution >= 0.6 is 0 Å². The van der Waals surface area contributed by atoms with E-state index in [0.717, 1.165) is 32.7 Å². The minimum Gasteiger partial charge on any atom is -0.379 e. The molecular formula is C12H24N2O. The van der Waals surface area contributed by atoms with Gasteiger partial charge in [-0.05, 0) is 31.1 Å². The second-order valence-electron chi connectivity index (χ2n) is 5.52. The highest BCUT2D eigenvalue weighted by atomic mass is 16.5. The van der Waals surface area contributed by atoms with Gasteiger partial charge in [-0.2, -0.15) is 0 Å². The van der Waals surface area contributed by atoms with Crippen LogP contribution in [0.5, 0.6) is 0 Å². The summed E-state index contributed by atoms with van der Waals surface area (Å²) in [5, 5.41) is 3.55. The minimum atomic E-state index is -0.0949. The predicted molar refractivity (Wildman–Crippen MR) is 61.8 cm³/mol. The molecule has 3 N–H and O–H groups in total. The molecule has 15 heavy (non-hydrogen) atoms. The zero-order valence-corrected chi connectivity index (χ0v) is 9.85. The minimum absolute atomic E-state index is 0.0949. The number of ether oxygens (including phenoxy) is 1. The van der Waals surface area contributed by atoms with Crippen LogP contribution in [0.2, 0.25) is 0 Å². The molecule has 0 radical (unpaired) electrons. The van der Waals surface area contributed by atoms with Crippen molar-refractivity contribution in [1.82, 2.24) is 5.32 Å². The highest BCUT2D eigenvalue weighted by Gasteiger charge is 2.41. The first-order valence-electron chi connectivity index (χ1n) is 6.26. The summed E-state index contributed by atoms with van der Waals surface area (Å²) < 4.78 is 5.34. The van der Waals surface area contributed by atoms with E-state index in [1.807, 2.05) is 0 Å². The number of nitrogens with one attached hydrogen (secondary N) is 1. The second kappa shape index (κ2) is 4.40. The first-order valence-corrected chi connectivity index (χ1v) is 6.26. The van der Waals surface area contributed by atoms with Crippen LogP contribution in [-0.2, 0) is 4.74 Å². The lowest BCUT2D eigenvalue weighted by molar-refractivity contribution is 0.176. The van der Waals surface area contributed by atoms with E-state index in [1.165, 1.54) is 25.7 Å². The van der Waals surface area contributed by atoms with Gasteiger partial charge in [0.25, 0.3) is 0 Å². The van der Waals surface area contributed by atoms with Crippen LogP contribution in [0.4, 0.5) is 0 Å². The van der Waals surface area contributed by atoms with E-state index in [2.05, 4.69) is 12.2 Å². The largest absolute Gasteiger partial charge is 0.379 e. The van der Waals surface area contributed by atoms with Gasteiger partial charge in [0, 0.05) is 19.7 Å². The highest BCUT2D eigenvalue weighted by Crippen LogP contribution is 2.48. The highest BCUT2D eigenvalue weighted by molar-refractivity contribution is 4.96. The van der Waals surface area contributed by atoms with E-state index in [0.29, 0.717) is 5.41 Å². The van der Waals surface area contributed by atoms with Gasteiger partial charge in [-0.3, -0.25) is 0 Å². The van der Waals surface area contributed by atoms with Gasteiger partial charge >= 0.3 is 0 Å². The molecule has 1 saturated carbocycles. The lowest BCUT2D eigenvalue weighted by Crippen LogP contribution is -2.50. The summed E-state index contributed by atoms with van der Waals surface area (Å²) in [6.07, 6.45) is 6.48. The Morgan fingerprint density at radius 2 is 2.07 bits per heavy atom. The Kier molecular flexibility index (Phi) is 3.33. The molecule has 0 spiro atoms. The van der Waals surface area contributed by atoms with Crippen molar-refractivity contribution in [3.8, 4) is 0 Å². The van der Waals surface area contributed by atoms with Gasteiger partial charge in [0.15, 0.2) is 0 Å². The van der Waals surface area contributed by atoms with Gasteiger partial charge in [-0.15, -0.1) is 0 Å². The molecule has 1 aliphatic heterocycles. The van der Waals surface area contributed by atoms with Crippen molar-refractivity contribution in [2.45, 2.75) is 44.6 Å². The molecule has 2 aliphatic rings. The molecule has 1 atom stereocenters. The molecule has 0 bridgehead atoms. The molecule has 3 nitrogen and oxygen atoms in total. The molecular weight excluding hydrogens is 188 g/mol. The molecule has 88 valence electrons. The molecule has 1 aliphatic carbocycles. The second-order valence-corrected chi connectivity index (χ2v) is 5.52. The fraction of sp³-hybridized carbons (Fsp3) is 1.00. The van der Waals surface area contributed by atoms with Crippen molar-refractivity contribution in [2.75, 3.05) is 26.3 Å². The Bertz CT molecular complexity index is 208. The van der Waals surface area contributed by atoms with Gasteiger partial charge in [0.05, 0.1) is 12.1 Å². The quantitative estimate of drug-likeness (QED) is 0.697. The van der Waals surface area contributed by atoms with E-state index >= 15 is 0 Å². The first-order chi connectivity index (χ1) is 7.18. The third-order valence-corrected chi connectivity index (χ3v) is 3.85. The zero-order chi connectivity index (χ0) is 10.8. The average molecular weight is 212 g/mol.